The fourth-order valence-corrected chi connectivity index (χ4v) is 3.36. The van der Waals surface area contributed by atoms with Crippen LogP contribution in [0.15, 0.2) is 0 Å². The number of hydrogen-bond donors (Lipinski definition) is 1. The van der Waals surface area contributed by atoms with Gasteiger partial charge in [-0.1, -0.05) is 0 Å². The van der Waals surface area contributed by atoms with Crippen molar-refractivity contribution in [2.75, 3.05) is 33.4 Å². The zero-order chi connectivity index (χ0) is 14.5. The smallest absolute Gasteiger partial charge is 0.147 e. The molecule has 3 heterocycles. The summed E-state index contributed by atoms with van der Waals surface area (Å²) in [6.07, 6.45) is 6.15. The summed E-state index contributed by atoms with van der Waals surface area (Å²) in [6.45, 7) is 5.92. The van der Waals surface area contributed by atoms with Crippen LogP contribution in [0.4, 0.5) is 0 Å². The van der Waals surface area contributed by atoms with Gasteiger partial charge < -0.3 is 14.6 Å². The second-order valence-corrected chi connectivity index (χ2v) is 6.16. The summed E-state index contributed by atoms with van der Waals surface area (Å²) in [7, 11) is 1.77. The van der Waals surface area contributed by atoms with Crippen molar-refractivity contribution in [3.05, 3.63) is 11.6 Å². The van der Waals surface area contributed by atoms with Gasteiger partial charge >= 0.3 is 0 Å². The van der Waals surface area contributed by atoms with Gasteiger partial charge in [-0.15, -0.1) is 10.2 Å². The van der Waals surface area contributed by atoms with Crippen LogP contribution in [0, 0.1) is 0 Å². The van der Waals surface area contributed by atoms with E-state index >= 15 is 0 Å². The normalized spacial score (nSPS) is 21.9. The van der Waals surface area contributed by atoms with Gasteiger partial charge in [-0.3, -0.25) is 4.90 Å². The van der Waals surface area contributed by atoms with E-state index in [1.165, 1.54) is 31.5 Å². The number of ether oxygens (including phenoxy) is 1. The zero-order valence-electron chi connectivity index (χ0n) is 13.1. The minimum Gasteiger partial charge on any atom is -0.383 e. The first-order valence-corrected chi connectivity index (χ1v) is 8.22. The molecule has 0 saturated carbocycles. The lowest BCUT2D eigenvalue weighted by molar-refractivity contribution is 0.135. The molecule has 1 aromatic rings. The average Bonchev–Trinajstić information content (AvgIpc) is 3.15. The fraction of sp³-hybridized carbons (Fsp3) is 0.867. The van der Waals surface area contributed by atoms with Gasteiger partial charge in [0, 0.05) is 39.2 Å². The Hall–Kier alpha value is -0.980. The van der Waals surface area contributed by atoms with Crippen LogP contribution in [0.2, 0.25) is 0 Å². The molecule has 1 saturated heterocycles. The van der Waals surface area contributed by atoms with Gasteiger partial charge in [-0.2, -0.15) is 0 Å². The Morgan fingerprint density at radius 3 is 3.10 bits per heavy atom. The van der Waals surface area contributed by atoms with Crippen molar-refractivity contribution in [1.29, 1.82) is 0 Å². The largest absolute Gasteiger partial charge is 0.383 e. The van der Waals surface area contributed by atoms with E-state index in [9.17, 15) is 0 Å². The number of hydrogen-bond acceptors (Lipinski definition) is 5. The summed E-state index contributed by atoms with van der Waals surface area (Å²) < 4.78 is 7.59. The highest BCUT2D eigenvalue weighted by molar-refractivity contribution is 4.99. The van der Waals surface area contributed by atoms with E-state index < -0.39 is 0 Å². The molecule has 1 unspecified atom stereocenters. The van der Waals surface area contributed by atoms with Crippen molar-refractivity contribution in [1.82, 2.24) is 25.0 Å². The summed E-state index contributed by atoms with van der Waals surface area (Å²) in [5.74, 6) is 2.29. The van der Waals surface area contributed by atoms with Gasteiger partial charge in [0.2, 0.25) is 0 Å². The molecule has 1 aromatic heterocycles. The van der Waals surface area contributed by atoms with E-state index in [1.807, 2.05) is 0 Å². The lowest BCUT2D eigenvalue weighted by Crippen LogP contribution is -2.39. The quantitative estimate of drug-likeness (QED) is 0.806. The van der Waals surface area contributed by atoms with E-state index in [2.05, 4.69) is 25.0 Å². The Morgan fingerprint density at radius 1 is 1.33 bits per heavy atom. The minimum absolute atomic E-state index is 0.616. The molecule has 2 aliphatic heterocycles. The summed E-state index contributed by atoms with van der Waals surface area (Å²) in [5.41, 5.74) is 0. The Bertz CT molecular complexity index is 441. The zero-order valence-corrected chi connectivity index (χ0v) is 13.1. The molecule has 3 rings (SSSR count). The number of nitrogens with one attached hydrogen (secondary N) is 1. The van der Waals surface area contributed by atoms with E-state index in [4.69, 9.17) is 4.74 Å². The molecule has 1 fully saturated rings. The highest BCUT2D eigenvalue weighted by atomic mass is 16.5. The third-order valence-electron chi connectivity index (χ3n) is 4.55. The first-order chi connectivity index (χ1) is 10.4. The third kappa shape index (κ3) is 3.81. The monoisotopic (exact) mass is 293 g/mol. The van der Waals surface area contributed by atoms with Gasteiger partial charge in [-0.25, -0.2) is 0 Å². The topological polar surface area (TPSA) is 55.2 Å². The van der Waals surface area contributed by atoms with E-state index in [0.29, 0.717) is 6.04 Å². The number of methoxy groups -OCH3 is 1. The summed E-state index contributed by atoms with van der Waals surface area (Å²) in [6, 6.07) is 0.616. The van der Waals surface area contributed by atoms with Crippen molar-refractivity contribution in [2.24, 2.45) is 0 Å². The second kappa shape index (κ2) is 7.33. The van der Waals surface area contributed by atoms with Crippen molar-refractivity contribution in [3.8, 4) is 0 Å². The van der Waals surface area contributed by atoms with Crippen molar-refractivity contribution in [2.45, 2.75) is 51.2 Å². The number of fused-ring (bicyclic) bond motifs is 1. The molecule has 1 atom stereocenters. The van der Waals surface area contributed by atoms with Crippen LogP contribution < -0.4 is 5.32 Å². The van der Waals surface area contributed by atoms with Crippen LogP contribution in [0.1, 0.15) is 37.3 Å². The van der Waals surface area contributed by atoms with E-state index in [0.717, 1.165) is 51.6 Å². The number of nitrogens with zero attached hydrogens (tertiary/aromatic N) is 4. The van der Waals surface area contributed by atoms with Crippen molar-refractivity contribution < 1.29 is 4.74 Å². The number of aromatic nitrogens is 3. The molecule has 2 aliphatic rings. The van der Waals surface area contributed by atoms with Crippen molar-refractivity contribution >= 4 is 0 Å². The summed E-state index contributed by atoms with van der Waals surface area (Å²) in [4.78, 5) is 2.46. The fourth-order valence-electron chi connectivity index (χ4n) is 3.36. The van der Waals surface area contributed by atoms with Gasteiger partial charge in [0.25, 0.3) is 0 Å². The molecular weight excluding hydrogens is 266 g/mol. The maximum absolute atomic E-state index is 5.26. The predicted molar refractivity (Wildman–Crippen MR) is 81.1 cm³/mol. The van der Waals surface area contributed by atoms with Crippen LogP contribution >= 0.6 is 0 Å². The lowest BCUT2D eigenvalue weighted by atomic mass is 10.1. The maximum atomic E-state index is 5.26. The highest BCUT2D eigenvalue weighted by Crippen LogP contribution is 2.16. The van der Waals surface area contributed by atoms with Crippen LogP contribution in [0.3, 0.4) is 0 Å². The average molecular weight is 293 g/mol. The lowest BCUT2D eigenvalue weighted by Gasteiger charge is -2.25. The van der Waals surface area contributed by atoms with Gasteiger partial charge in [0.1, 0.15) is 11.6 Å². The summed E-state index contributed by atoms with van der Waals surface area (Å²) in [5, 5.41) is 12.4. The van der Waals surface area contributed by atoms with Crippen molar-refractivity contribution in [3.63, 3.8) is 0 Å². The molecule has 1 N–H and O–H groups in total. The molecule has 0 aliphatic carbocycles. The Morgan fingerprint density at radius 2 is 2.29 bits per heavy atom. The number of aryl methyl sites for hydroxylation is 1. The Balaban J connectivity index is 1.63. The van der Waals surface area contributed by atoms with E-state index in [1.54, 1.807) is 7.11 Å². The molecule has 0 aromatic carbocycles. The Labute approximate surface area is 126 Å². The van der Waals surface area contributed by atoms with Crippen LogP contribution in [0.25, 0.3) is 0 Å². The standard InChI is InChI=1S/C15H27N5O/c1-21-10-9-19(11-13-5-4-7-16-13)12-15-18-17-14-6-2-3-8-20(14)15/h13,16H,2-12H2,1H3. The van der Waals surface area contributed by atoms with Crippen LogP contribution in [-0.4, -0.2) is 59.1 Å². The molecule has 0 amide bonds. The van der Waals surface area contributed by atoms with E-state index in [-0.39, 0.29) is 0 Å². The second-order valence-electron chi connectivity index (χ2n) is 6.16. The Kier molecular flexibility index (Phi) is 5.22. The molecule has 0 radical (unpaired) electrons. The molecular formula is C15H27N5O. The highest BCUT2D eigenvalue weighted by Gasteiger charge is 2.21. The van der Waals surface area contributed by atoms with Gasteiger partial charge in [-0.05, 0) is 32.2 Å². The van der Waals surface area contributed by atoms with Crippen LogP contribution in [0.5, 0.6) is 0 Å². The molecule has 6 nitrogen and oxygen atoms in total. The molecule has 6 heteroatoms. The summed E-state index contributed by atoms with van der Waals surface area (Å²) >= 11 is 0. The minimum atomic E-state index is 0.616. The molecule has 0 bridgehead atoms. The van der Waals surface area contributed by atoms with Crippen LogP contribution in [-0.2, 0) is 24.2 Å². The third-order valence-corrected chi connectivity index (χ3v) is 4.55. The molecule has 0 spiro atoms. The first kappa shape index (κ1) is 14.9. The molecule has 21 heavy (non-hydrogen) atoms. The first-order valence-electron chi connectivity index (χ1n) is 8.22. The maximum Gasteiger partial charge on any atom is 0.147 e. The predicted octanol–water partition coefficient (Wildman–Crippen LogP) is 0.815. The van der Waals surface area contributed by atoms with Gasteiger partial charge in [0.05, 0.1) is 13.2 Å². The number of rotatable bonds is 7. The molecule has 118 valence electrons. The SMILES string of the molecule is COCCN(Cc1nnc2n1CCCC2)CC1CCCN1. The van der Waals surface area contributed by atoms with Gasteiger partial charge in [0.15, 0.2) is 0 Å².